The van der Waals surface area contributed by atoms with E-state index in [0.29, 0.717) is 11.4 Å². The third-order valence-corrected chi connectivity index (χ3v) is 2.40. The second-order valence-corrected chi connectivity index (χ2v) is 3.51. The highest BCUT2D eigenvalue weighted by atomic mass is 16.1. The number of hydrogen-bond acceptors (Lipinski definition) is 4. The second-order valence-electron chi connectivity index (χ2n) is 3.51. The highest BCUT2D eigenvalue weighted by molar-refractivity contribution is 5.98. The van der Waals surface area contributed by atoms with Crippen molar-refractivity contribution in [3.8, 4) is 0 Å². The van der Waals surface area contributed by atoms with E-state index in [-0.39, 0.29) is 0 Å². The van der Waals surface area contributed by atoms with E-state index in [4.69, 9.17) is 5.73 Å². The zero-order valence-corrected chi connectivity index (χ0v) is 9.37. The molecule has 5 heteroatoms. The van der Waals surface area contributed by atoms with Crippen LogP contribution in [-0.2, 0) is 0 Å². The van der Waals surface area contributed by atoms with Crippen molar-refractivity contribution < 1.29 is 4.79 Å². The van der Waals surface area contributed by atoms with Crippen LogP contribution in [0.4, 0.5) is 11.5 Å². The molecule has 0 radical (unpaired) electrons. The number of primary amides is 1. The summed E-state index contributed by atoms with van der Waals surface area (Å²) in [7, 11) is 1.81. The molecule has 0 aliphatic heterocycles. The van der Waals surface area contributed by atoms with E-state index in [0.717, 1.165) is 5.69 Å². The Hall–Kier alpha value is -2.43. The zero-order chi connectivity index (χ0) is 12.3. The first-order valence-electron chi connectivity index (χ1n) is 5.08. The van der Waals surface area contributed by atoms with Gasteiger partial charge in [-0.05, 0) is 24.3 Å². The lowest BCUT2D eigenvalue weighted by Gasteiger charge is -2.19. The molecule has 0 aromatic carbocycles. The Balaban J connectivity index is 2.44. The molecule has 0 aliphatic rings. The second kappa shape index (κ2) is 4.61. The van der Waals surface area contributed by atoms with Gasteiger partial charge in [-0.3, -0.25) is 9.78 Å². The number of anilines is 2. The van der Waals surface area contributed by atoms with Gasteiger partial charge in [0.15, 0.2) is 0 Å². The Morgan fingerprint density at radius 2 is 2.06 bits per heavy atom. The number of amides is 1. The van der Waals surface area contributed by atoms with E-state index in [2.05, 4.69) is 9.97 Å². The van der Waals surface area contributed by atoms with Gasteiger partial charge in [-0.1, -0.05) is 0 Å². The lowest BCUT2D eigenvalue weighted by Crippen LogP contribution is -2.19. The van der Waals surface area contributed by atoms with Crippen molar-refractivity contribution in [1.29, 1.82) is 0 Å². The van der Waals surface area contributed by atoms with Crippen LogP contribution in [-0.4, -0.2) is 22.9 Å². The summed E-state index contributed by atoms with van der Waals surface area (Å²) in [5, 5.41) is 0. The van der Waals surface area contributed by atoms with E-state index in [1.807, 2.05) is 19.2 Å². The van der Waals surface area contributed by atoms with Crippen LogP contribution in [0.5, 0.6) is 0 Å². The van der Waals surface area contributed by atoms with Crippen LogP contribution in [0.1, 0.15) is 10.4 Å². The van der Waals surface area contributed by atoms with Crippen molar-refractivity contribution in [1.82, 2.24) is 9.97 Å². The average molecular weight is 228 g/mol. The first-order chi connectivity index (χ1) is 8.20. The first kappa shape index (κ1) is 11.1. The molecule has 2 rings (SSSR count). The SMILES string of the molecule is CN(c1cccnc1)c1ncccc1C(N)=O. The molecule has 0 aliphatic carbocycles. The molecular formula is C12H12N4O. The molecule has 2 aromatic heterocycles. The number of rotatable bonds is 3. The molecule has 17 heavy (non-hydrogen) atoms. The number of aromatic nitrogens is 2. The maximum absolute atomic E-state index is 11.3. The Bertz CT molecular complexity index is 527. The first-order valence-corrected chi connectivity index (χ1v) is 5.08. The molecule has 0 saturated heterocycles. The van der Waals surface area contributed by atoms with Crippen molar-refractivity contribution in [2.75, 3.05) is 11.9 Å². The molecule has 0 unspecified atom stereocenters. The minimum Gasteiger partial charge on any atom is -0.365 e. The highest BCUT2D eigenvalue weighted by Gasteiger charge is 2.13. The molecule has 0 fully saturated rings. The molecule has 0 bridgehead atoms. The van der Waals surface area contributed by atoms with Gasteiger partial charge in [0.05, 0.1) is 17.4 Å². The molecule has 0 spiro atoms. The summed E-state index contributed by atoms with van der Waals surface area (Å²) >= 11 is 0. The van der Waals surface area contributed by atoms with Crippen LogP contribution in [0.15, 0.2) is 42.9 Å². The molecule has 0 saturated carbocycles. The van der Waals surface area contributed by atoms with E-state index >= 15 is 0 Å². The summed E-state index contributed by atoms with van der Waals surface area (Å²) in [5.74, 6) is 0.0249. The predicted octanol–water partition coefficient (Wildman–Crippen LogP) is 1.34. The Kier molecular flexibility index (Phi) is 3.00. The van der Waals surface area contributed by atoms with E-state index in [1.54, 1.807) is 35.6 Å². The fraction of sp³-hybridized carbons (Fsp3) is 0.0833. The maximum Gasteiger partial charge on any atom is 0.252 e. The molecule has 2 heterocycles. The monoisotopic (exact) mass is 228 g/mol. The summed E-state index contributed by atoms with van der Waals surface area (Å²) in [5.41, 5.74) is 6.54. The lowest BCUT2D eigenvalue weighted by molar-refractivity contribution is 0.100. The fourth-order valence-electron chi connectivity index (χ4n) is 1.53. The van der Waals surface area contributed by atoms with Crippen molar-refractivity contribution >= 4 is 17.4 Å². The molecule has 2 N–H and O–H groups in total. The summed E-state index contributed by atoms with van der Waals surface area (Å²) in [4.78, 5) is 21.3. The quantitative estimate of drug-likeness (QED) is 0.860. The third-order valence-electron chi connectivity index (χ3n) is 2.40. The largest absolute Gasteiger partial charge is 0.365 e. The number of carbonyl (C=O) groups is 1. The van der Waals surface area contributed by atoms with Crippen molar-refractivity contribution in [3.63, 3.8) is 0 Å². The van der Waals surface area contributed by atoms with Gasteiger partial charge in [-0.2, -0.15) is 0 Å². The minimum absolute atomic E-state index is 0.388. The van der Waals surface area contributed by atoms with Gasteiger partial charge >= 0.3 is 0 Å². The Morgan fingerprint density at radius 3 is 2.71 bits per heavy atom. The topological polar surface area (TPSA) is 72.1 Å². The van der Waals surface area contributed by atoms with E-state index < -0.39 is 5.91 Å². The van der Waals surface area contributed by atoms with Crippen LogP contribution in [0.2, 0.25) is 0 Å². The molecule has 5 nitrogen and oxygen atoms in total. The molecular weight excluding hydrogens is 216 g/mol. The summed E-state index contributed by atoms with van der Waals surface area (Å²) < 4.78 is 0. The van der Waals surface area contributed by atoms with Crippen LogP contribution in [0.3, 0.4) is 0 Å². The lowest BCUT2D eigenvalue weighted by atomic mass is 10.2. The highest BCUT2D eigenvalue weighted by Crippen LogP contribution is 2.23. The van der Waals surface area contributed by atoms with Crippen molar-refractivity contribution in [2.24, 2.45) is 5.73 Å². The van der Waals surface area contributed by atoms with Gasteiger partial charge in [-0.25, -0.2) is 4.98 Å². The van der Waals surface area contributed by atoms with Crippen molar-refractivity contribution in [2.45, 2.75) is 0 Å². The summed E-state index contributed by atoms with van der Waals surface area (Å²) in [6.07, 6.45) is 5.00. The van der Waals surface area contributed by atoms with Gasteiger partial charge in [-0.15, -0.1) is 0 Å². The van der Waals surface area contributed by atoms with Gasteiger partial charge in [0.1, 0.15) is 5.82 Å². The van der Waals surface area contributed by atoms with Gasteiger partial charge in [0.2, 0.25) is 0 Å². The fourth-order valence-corrected chi connectivity index (χ4v) is 1.53. The van der Waals surface area contributed by atoms with Gasteiger partial charge in [0, 0.05) is 19.4 Å². The number of nitrogens with two attached hydrogens (primary N) is 1. The van der Waals surface area contributed by atoms with Crippen LogP contribution < -0.4 is 10.6 Å². The van der Waals surface area contributed by atoms with Crippen molar-refractivity contribution in [3.05, 3.63) is 48.4 Å². The molecule has 1 amide bonds. The van der Waals surface area contributed by atoms with Crippen LogP contribution in [0, 0.1) is 0 Å². The number of carbonyl (C=O) groups excluding carboxylic acids is 1. The molecule has 2 aromatic rings. The van der Waals surface area contributed by atoms with Gasteiger partial charge in [0.25, 0.3) is 5.91 Å². The summed E-state index contributed by atoms with van der Waals surface area (Å²) in [6.45, 7) is 0. The standard InChI is InChI=1S/C12H12N4O/c1-16(9-4-2-6-14-8-9)12-10(11(13)17)5-3-7-15-12/h2-8H,1H3,(H2,13,17). The number of nitrogens with zero attached hydrogens (tertiary/aromatic N) is 3. The van der Waals surface area contributed by atoms with Gasteiger partial charge < -0.3 is 10.6 Å². The minimum atomic E-state index is -0.496. The Morgan fingerprint density at radius 1 is 1.29 bits per heavy atom. The number of pyridine rings is 2. The molecule has 86 valence electrons. The predicted molar refractivity (Wildman–Crippen MR) is 65.1 cm³/mol. The van der Waals surface area contributed by atoms with Crippen LogP contribution >= 0.6 is 0 Å². The Labute approximate surface area is 98.9 Å². The maximum atomic E-state index is 11.3. The molecule has 0 atom stereocenters. The number of hydrogen-bond donors (Lipinski definition) is 1. The van der Waals surface area contributed by atoms with E-state index in [9.17, 15) is 4.79 Å². The average Bonchev–Trinajstić information content (AvgIpc) is 2.39. The van der Waals surface area contributed by atoms with E-state index in [1.165, 1.54) is 0 Å². The van der Waals surface area contributed by atoms with Crippen LogP contribution in [0.25, 0.3) is 0 Å². The third kappa shape index (κ3) is 2.23. The zero-order valence-electron chi connectivity index (χ0n) is 9.37. The smallest absolute Gasteiger partial charge is 0.252 e. The normalized spacial score (nSPS) is 9.94. The summed E-state index contributed by atoms with van der Waals surface area (Å²) in [6, 6.07) is 7.03.